The van der Waals surface area contributed by atoms with E-state index in [4.69, 9.17) is 5.10 Å². The van der Waals surface area contributed by atoms with E-state index in [2.05, 4.69) is 39.0 Å². The third kappa shape index (κ3) is 2.42. The average molecular weight is 305 g/mol. The predicted octanol–water partition coefficient (Wildman–Crippen LogP) is 4.50. The second kappa shape index (κ2) is 5.73. The summed E-state index contributed by atoms with van der Waals surface area (Å²) >= 11 is 1.73. The van der Waals surface area contributed by atoms with Crippen molar-refractivity contribution in [1.82, 2.24) is 4.98 Å². The van der Waals surface area contributed by atoms with Crippen LogP contribution in [0.5, 0.6) is 0 Å². The van der Waals surface area contributed by atoms with Crippen LogP contribution in [0.15, 0.2) is 76.7 Å². The Morgan fingerprint density at radius 3 is 2.59 bits per heavy atom. The number of pyridine rings is 1. The fourth-order valence-electron chi connectivity index (χ4n) is 2.74. The Kier molecular flexibility index (Phi) is 3.45. The molecule has 0 bridgehead atoms. The summed E-state index contributed by atoms with van der Waals surface area (Å²) in [6, 6.07) is 18.7. The summed E-state index contributed by atoms with van der Waals surface area (Å²) in [5, 5.41) is 11.3. The van der Waals surface area contributed by atoms with Crippen molar-refractivity contribution in [3.05, 3.63) is 82.8 Å². The first-order chi connectivity index (χ1) is 10.9. The Hall–Kier alpha value is -2.46. The Balaban J connectivity index is 1.75. The third-order valence-corrected chi connectivity index (χ3v) is 4.52. The number of aromatic nitrogens is 1. The molecule has 2 aromatic heterocycles. The molecule has 0 N–H and O–H groups in total. The number of nitrogens with zero attached hydrogens (tertiary/aromatic N) is 3. The second-order valence-corrected chi connectivity index (χ2v) is 6.00. The molecular weight excluding hydrogens is 290 g/mol. The van der Waals surface area contributed by atoms with Crippen LogP contribution in [-0.2, 0) is 0 Å². The molecule has 0 spiro atoms. The van der Waals surface area contributed by atoms with Crippen molar-refractivity contribution in [2.45, 2.75) is 12.5 Å². The Labute approximate surface area is 133 Å². The molecule has 1 aliphatic heterocycles. The van der Waals surface area contributed by atoms with E-state index in [1.54, 1.807) is 11.3 Å². The fourth-order valence-corrected chi connectivity index (χ4v) is 3.45. The van der Waals surface area contributed by atoms with Gasteiger partial charge in [-0.25, -0.2) is 0 Å². The molecule has 3 nitrogen and oxygen atoms in total. The molecule has 0 amide bonds. The summed E-state index contributed by atoms with van der Waals surface area (Å²) in [6.45, 7) is 0. The molecule has 1 atom stereocenters. The van der Waals surface area contributed by atoms with Crippen LogP contribution >= 0.6 is 11.3 Å². The van der Waals surface area contributed by atoms with E-state index in [0.29, 0.717) is 0 Å². The number of thiophene rings is 1. The molecule has 1 aromatic carbocycles. The lowest BCUT2D eigenvalue weighted by atomic mass is 10.0. The van der Waals surface area contributed by atoms with E-state index in [0.717, 1.165) is 23.5 Å². The van der Waals surface area contributed by atoms with E-state index < -0.39 is 0 Å². The highest BCUT2D eigenvalue weighted by molar-refractivity contribution is 7.08. The highest BCUT2D eigenvalue weighted by atomic mass is 32.1. The monoisotopic (exact) mass is 305 g/mol. The number of anilines is 1. The standard InChI is InChI=1S/C18H15N3S/c1-2-6-15(7-3-1)21-18(14-9-11-22-13-14)12-17(20-21)16-8-4-5-10-19-16/h1-11,13,18H,12H2/t18-/m0/s1. The first-order valence-electron chi connectivity index (χ1n) is 7.27. The number of para-hydroxylation sites is 1. The van der Waals surface area contributed by atoms with E-state index in [-0.39, 0.29) is 6.04 Å². The summed E-state index contributed by atoms with van der Waals surface area (Å²) < 4.78 is 0. The second-order valence-electron chi connectivity index (χ2n) is 5.22. The zero-order chi connectivity index (χ0) is 14.8. The van der Waals surface area contributed by atoms with Crippen LogP contribution in [-0.4, -0.2) is 10.7 Å². The van der Waals surface area contributed by atoms with Gasteiger partial charge in [0.2, 0.25) is 0 Å². The molecule has 1 aliphatic rings. The van der Waals surface area contributed by atoms with Gasteiger partial charge in [0, 0.05) is 12.6 Å². The smallest absolute Gasteiger partial charge is 0.0890 e. The van der Waals surface area contributed by atoms with Crippen LogP contribution in [0.2, 0.25) is 0 Å². The van der Waals surface area contributed by atoms with Gasteiger partial charge in [-0.1, -0.05) is 24.3 Å². The first-order valence-corrected chi connectivity index (χ1v) is 8.21. The van der Waals surface area contributed by atoms with Gasteiger partial charge in [0.15, 0.2) is 0 Å². The maximum atomic E-state index is 4.86. The molecular formula is C18H15N3S. The number of hydrogen-bond acceptors (Lipinski definition) is 4. The molecule has 108 valence electrons. The van der Waals surface area contributed by atoms with E-state index in [9.17, 15) is 0 Å². The molecule has 0 saturated heterocycles. The molecule has 3 aromatic rings. The molecule has 0 fully saturated rings. The molecule has 0 unspecified atom stereocenters. The topological polar surface area (TPSA) is 28.5 Å². The average Bonchev–Trinajstić information content (AvgIpc) is 3.26. The first kappa shape index (κ1) is 13.2. The maximum absolute atomic E-state index is 4.86. The lowest BCUT2D eigenvalue weighted by Gasteiger charge is -2.22. The highest BCUT2D eigenvalue weighted by Gasteiger charge is 2.30. The summed E-state index contributed by atoms with van der Waals surface area (Å²) in [5.41, 5.74) is 4.43. The van der Waals surface area contributed by atoms with Gasteiger partial charge in [-0.2, -0.15) is 16.4 Å². The molecule has 0 aliphatic carbocycles. The largest absolute Gasteiger partial charge is 0.257 e. The summed E-state index contributed by atoms with van der Waals surface area (Å²) in [5.74, 6) is 0. The predicted molar refractivity (Wildman–Crippen MR) is 91.4 cm³/mol. The van der Waals surface area contributed by atoms with Crippen LogP contribution in [0.3, 0.4) is 0 Å². The van der Waals surface area contributed by atoms with Crippen LogP contribution < -0.4 is 5.01 Å². The molecule has 4 heteroatoms. The van der Waals surface area contributed by atoms with Gasteiger partial charge in [-0.15, -0.1) is 0 Å². The minimum atomic E-state index is 0.241. The van der Waals surface area contributed by atoms with E-state index in [1.807, 2.05) is 42.6 Å². The summed E-state index contributed by atoms with van der Waals surface area (Å²) in [6.07, 6.45) is 2.70. The Morgan fingerprint density at radius 1 is 1.00 bits per heavy atom. The zero-order valence-corrected chi connectivity index (χ0v) is 12.8. The number of benzene rings is 1. The minimum Gasteiger partial charge on any atom is -0.257 e. The Morgan fingerprint density at radius 2 is 1.86 bits per heavy atom. The summed E-state index contributed by atoms with van der Waals surface area (Å²) in [4.78, 5) is 4.45. The van der Waals surface area contributed by atoms with Crippen molar-refractivity contribution in [2.75, 3.05) is 5.01 Å². The molecule has 0 radical (unpaired) electrons. The maximum Gasteiger partial charge on any atom is 0.0890 e. The number of hydrogen-bond donors (Lipinski definition) is 0. The van der Waals surface area contributed by atoms with Crippen LogP contribution in [0, 0.1) is 0 Å². The fraction of sp³-hybridized carbons (Fsp3) is 0.111. The SMILES string of the molecule is c1ccc(N2N=C(c3ccccn3)C[C@H]2c2ccsc2)cc1. The van der Waals surface area contributed by atoms with Gasteiger partial charge in [-0.3, -0.25) is 9.99 Å². The van der Waals surface area contributed by atoms with Gasteiger partial charge in [0.1, 0.15) is 0 Å². The van der Waals surface area contributed by atoms with Crippen molar-refractivity contribution in [3.63, 3.8) is 0 Å². The van der Waals surface area contributed by atoms with Gasteiger partial charge in [0.05, 0.1) is 23.1 Å². The molecule has 22 heavy (non-hydrogen) atoms. The van der Waals surface area contributed by atoms with Crippen molar-refractivity contribution in [1.29, 1.82) is 0 Å². The van der Waals surface area contributed by atoms with Crippen molar-refractivity contribution >= 4 is 22.7 Å². The normalized spacial score (nSPS) is 17.5. The van der Waals surface area contributed by atoms with E-state index >= 15 is 0 Å². The lowest BCUT2D eigenvalue weighted by molar-refractivity contribution is 0.711. The number of hydrazone groups is 1. The zero-order valence-electron chi connectivity index (χ0n) is 12.0. The van der Waals surface area contributed by atoms with Gasteiger partial charge >= 0.3 is 0 Å². The van der Waals surface area contributed by atoms with Crippen molar-refractivity contribution in [3.8, 4) is 0 Å². The molecule has 3 heterocycles. The molecule has 4 rings (SSSR count). The van der Waals surface area contributed by atoms with Crippen LogP contribution in [0.4, 0.5) is 5.69 Å². The van der Waals surface area contributed by atoms with Gasteiger partial charge in [-0.05, 0) is 46.7 Å². The van der Waals surface area contributed by atoms with Crippen molar-refractivity contribution < 1.29 is 0 Å². The lowest BCUT2D eigenvalue weighted by Crippen LogP contribution is -2.17. The van der Waals surface area contributed by atoms with Gasteiger partial charge in [0.25, 0.3) is 0 Å². The van der Waals surface area contributed by atoms with Gasteiger partial charge < -0.3 is 0 Å². The van der Waals surface area contributed by atoms with Crippen LogP contribution in [0.1, 0.15) is 23.7 Å². The quantitative estimate of drug-likeness (QED) is 0.713. The highest BCUT2D eigenvalue weighted by Crippen LogP contribution is 2.36. The Bertz CT molecular complexity index is 767. The van der Waals surface area contributed by atoms with Crippen LogP contribution in [0.25, 0.3) is 0 Å². The van der Waals surface area contributed by atoms with E-state index in [1.165, 1.54) is 5.56 Å². The third-order valence-electron chi connectivity index (χ3n) is 3.82. The van der Waals surface area contributed by atoms with Crippen molar-refractivity contribution in [2.24, 2.45) is 5.10 Å². The number of rotatable bonds is 3. The summed E-state index contributed by atoms with van der Waals surface area (Å²) in [7, 11) is 0. The molecule has 0 saturated carbocycles. The minimum absolute atomic E-state index is 0.241.